The van der Waals surface area contributed by atoms with Crippen molar-refractivity contribution < 1.29 is 13.2 Å². The Hall–Kier alpha value is -0.470. The van der Waals surface area contributed by atoms with E-state index in [1.54, 1.807) is 0 Å². The molecule has 0 spiro atoms. The Kier molecular flexibility index (Phi) is 7.49. The zero-order chi connectivity index (χ0) is 16.7. The number of hydrogen-bond donors (Lipinski definition) is 1. The van der Waals surface area contributed by atoms with E-state index in [0.717, 1.165) is 38.9 Å². The number of nitrogens with one attached hydrogen (secondary N) is 1. The van der Waals surface area contributed by atoms with Crippen LogP contribution in [0.5, 0.6) is 0 Å². The molecule has 2 fully saturated rings. The van der Waals surface area contributed by atoms with Crippen LogP contribution in [0.15, 0.2) is 11.6 Å². The first-order chi connectivity index (χ1) is 11.0. The molecule has 2 heterocycles. The predicted molar refractivity (Wildman–Crippen MR) is 92.5 cm³/mol. The number of likely N-dealkylation sites (tertiary alicyclic amines) is 1. The summed E-state index contributed by atoms with van der Waals surface area (Å²) in [5, 5.41) is 0. The molecule has 0 radical (unpaired) electrons. The van der Waals surface area contributed by atoms with Gasteiger partial charge in [-0.3, -0.25) is 4.90 Å². The zero-order valence-corrected chi connectivity index (χ0v) is 15.3. The summed E-state index contributed by atoms with van der Waals surface area (Å²) in [6.07, 6.45) is 5.58. The number of rotatable bonds is 7. The summed E-state index contributed by atoms with van der Waals surface area (Å²) in [6, 6.07) is 0. The van der Waals surface area contributed by atoms with E-state index in [9.17, 15) is 8.42 Å². The molecule has 0 amide bonds. The Labute approximate surface area is 141 Å². The van der Waals surface area contributed by atoms with E-state index in [0.29, 0.717) is 38.8 Å². The topological polar surface area (TPSA) is 61.9 Å². The summed E-state index contributed by atoms with van der Waals surface area (Å²) in [6.45, 7) is 9.83. The van der Waals surface area contributed by atoms with Gasteiger partial charge in [0.05, 0.1) is 13.2 Å². The van der Waals surface area contributed by atoms with E-state index >= 15 is 0 Å². The highest BCUT2D eigenvalue weighted by molar-refractivity contribution is 7.87. The Balaban J connectivity index is 1.79. The third kappa shape index (κ3) is 6.15. The number of allylic oxidation sites excluding steroid dienone is 1. The van der Waals surface area contributed by atoms with Crippen LogP contribution >= 0.6 is 0 Å². The van der Waals surface area contributed by atoms with Gasteiger partial charge in [0.15, 0.2) is 0 Å². The minimum Gasteiger partial charge on any atom is -0.379 e. The lowest BCUT2D eigenvalue weighted by molar-refractivity contribution is 0.0723. The molecule has 23 heavy (non-hydrogen) atoms. The fraction of sp³-hybridized carbons (Fsp3) is 0.875. The van der Waals surface area contributed by atoms with E-state index < -0.39 is 10.2 Å². The molecular weight excluding hydrogens is 314 g/mol. The summed E-state index contributed by atoms with van der Waals surface area (Å²) < 4.78 is 34.1. The Bertz CT molecular complexity index is 487. The molecule has 1 N–H and O–H groups in total. The molecule has 0 aromatic rings. The molecule has 1 atom stereocenters. The maximum atomic E-state index is 12.3. The summed E-state index contributed by atoms with van der Waals surface area (Å²) in [5.74, 6) is 0.397. The normalized spacial score (nSPS) is 25.7. The Morgan fingerprint density at radius 3 is 2.74 bits per heavy atom. The quantitative estimate of drug-likeness (QED) is 0.705. The fourth-order valence-electron chi connectivity index (χ4n) is 3.33. The molecule has 2 aliphatic heterocycles. The van der Waals surface area contributed by atoms with Gasteiger partial charge >= 0.3 is 0 Å². The zero-order valence-electron chi connectivity index (χ0n) is 14.5. The first-order valence-corrected chi connectivity index (χ1v) is 10.2. The van der Waals surface area contributed by atoms with Crippen LogP contribution in [0.4, 0.5) is 0 Å². The molecule has 1 unspecified atom stereocenters. The lowest BCUT2D eigenvalue weighted by atomic mass is 9.98. The van der Waals surface area contributed by atoms with Gasteiger partial charge in [0.1, 0.15) is 0 Å². The lowest BCUT2D eigenvalue weighted by Crippen LogP contribution is -2.49. The second-order valence-corrected chi connectivity index (χ2v) is 8.32. The minimum absolute atomic E-state index is 0.397. The highest BCUT2D eigenvalue weighted by atomic mass is 32.2. The highest BCUT2D eigenvalue weighted by Crippen LogP contribution is 2.17. The van der Waals surface area contributed by atoms with Crippen molar-refractivity contribution >= 4 is 10.2 Å². The van der Waals surface area contributed by atoms with Crippen molar-refractivity contribution in [3.8, 4) is 0 Å². The molecule has 2 aliphatic rings. The van der Waals surface area contributed by atoms with Crippen molar-refractivity contribution in [3.05, 3.63) is 11.6 Å². The number of piperidine rings is 1. The first-order valence-electron chi connectivity index (χ1n) is 8.71. The smallest absolute Gasteiger partial charge is 0.279 e. The maximum Gasteiger partial charge on any atom is 0.279 e. The average Bonchev–Trinajstić information content (AvgIpc) is 2.54. The van der Waals surface area contributed by atoms with E-state index in [-0.39, 0.29) is 0 Å². The van der Waals surface area contributed by atoms with Crippen LogP contribution in [-0.4, -0.2) is 70.1 Å². The van der Waals surface area contributed by atoms with Crippen molar-refractivity contribution in [1.82, 2.24) is 13.9 Å². The average molecular weight is 346 g/mol. The largest absolute Gasteiger partial charge is 0.379 e. The maximum absolute atomic E-state index is 12.3. The minimum atomic E-state index is -3.36. The molecule has 0 saturated carbocycles. The number of morpholine rings is 1. The van der Waals surface area contributed by atoms with Crippen molar-refractivity contribution in [1.29, 1.82) is 0 Å². The van der Waals surface area contributed by atoms with Gasteiger partial charge in [-0.1, -0.05) is 18.6 Å². The van der Waals surface area contributed by atoms with Crippen molar-refractivity contribution in [2.45, 2.75) is 33.1 Å². The van der Waals surface area contributed by atoms with Crippen molar-refractivity contribution in [3.63, 3.8) is 0 Å². The van der Waals surface area contributed by atoms with E-state index in [2.05, 4.69) is 29.5 Å². The molecular formula is C16H31N3O3S. The second-order valence-electron chi connectivity index (χ2n) is 6.57. The van der Waals surface area contributed by atoms with Gasteiger partial charge in [0.2, 0.25) is 0 Å². The molecule has 0 bridgehead atoms. The molecule has 0 aromatic carbocycles. The van der Waals surface area contributed by atoms with Crippen LogP contribution in [0, 0.1) is 5.92 Å². The molecule has 2 saturated heterocycles. The molecule has 7 heteroatoms. The predicted octanol–water partition coefficient (Wildman–Crippen LogP) is 1.22. The molecule has 2 rings (SSSR count). The SMILES string of the molecule is CC/C=C(\C)CN1CCCC(CNS(=O)(=O)N2CCOCC2)C1. The molecule has 6 nitrogen and oxygen atoms in total. The number of ether oxygens (including phenoxy) is 1. The van der Waals surface area contributed by atoms with Crippen LogP contribution in [0.25, 0.3) is 0 Å². The Morgan fingerprint density at radius 1 is 1.30 bits per heavy atom. The monoisotopic (exact) mass is 345 g/mol. The van der Waals surface area contributed by atoms with Crippen LogP contribution in [-0.2, 0) is 14.9 Å². The lowest BCUT2D eigenvalue weighted by Gasteiger charge is -2.33. The summed E-state index contributed by atoms with van der Waals surface area (Å²) in [5.41, 5.74) is 1.40. The Morgan fingerprint density at radius 2 is 2.04 bits per heavy atom. The summed E-state index contributed by atoms with van der Waals surface area (Å²) >= 11 is 0. The van der Waals surface area contributed by atoms with Crippen molar-refractivity contribution in [2.75, 3.05) is 52.5 Å². The van der Waals surface area contributed by atoms with Crippen LogP contribution < -0.4 is 4.72 Å². The third-order valence-corrected chi connectivity index (χ3v) is 6.07. The van der Waals surface area contributed by atoms with Gasteiger partial charge < -0.3 is 4.74 Å². The van der Waals surface area contributed by atoms with Crippen LogP contribution in [0.3, 0.4) is 0 Å². The fourth-order valence-corrected chi connectivity index (χ4v) is 4.59. The summed E-state index contributed by atoms with van der Waals surface area (Å²) in [7, 11) is -3.36. The van der Waals surface area contributed by atoms with Gasteiger partial charge in [-0.15, -0.1) is 0 Å². The van der Waals surface area contributed by atoms with Gasteiger partial charge in [0.25, 0.3) is 10.2 Å². The summed E-state index contributed by atoms with van der Waals surface area (Å²) in [4.78, 5) is 2.44. The first kappa shape index (κ1) is 18.9. The van der Waals surface area contributed by atoms with Crippen LogP contribution in [0.2, 0.25) is 0 Å². The van der Waals surface area contributed by atoms with Crippen molar-refractivity contribution in [2.24, 2.45) is 5.92 Å². The second kappa shape index (κ2) is 9.13. The van der Waals surface area contributed by atoms with E-state index in [4.69, 9.17) is 4.74 Å². The van der Waals surface area contributed by atoms with Gasteiger partial charge in [-0.25, -0.2) is 4.72 Å². The molecule has 134 valence electrons. The van der Waals surface area contributed by atoms with Crippen LogP contribution in [0.1, 0.15) is 33.1 Å². The third-order valence-electron chi connectivity index (χ3n) is 4.49. The van der Waals surface area contributed by atoms with Gasteiger partial charge in [-0.2, -0.15) is 12.7 Å². The van der Waals surface area contributed by atoms with Gasteiger partial charge in [-0.05, 0) is 38.6 Å². The molecule has 0 aromatic heterocycles. The molecule has 0 aliphatic carbocycles. The van der Waals surface area contributed by atoms with E-state index in [1.165, 1.54) is 9.88 Å². The highest BCUT2D eigenvalue weighted by Gasteiger charge is 2.26. The standard InChI is InChI=1S/C16H31N3O3S/c1-3-5-15(2)13-18-7-4-6-16(14-18)12-17-23(20,21)19-8-10-22-11-9-19/h5,16-17H,3-4,6-14H2,1-2H3/b15-5+. The van der Waals surface area contributed by atoms with E-state index in [1.807, 2.05) is 0 Å². The number of nitrogens with zero attached hydrogens (tertiary/aromatic N) is 2. The number of hydrogen-bond acceptors (Lipinski definition) is 4. The van der Waals surface area contributed by atoms with Gasteiger partial charge in [0, 0.05) is 32.7 Å².